The Morgan fingerprint density at radius 2 is 1.91 bits per heavy atom. The third kappa shape index (κ3) is 7.91. The molecule has 0 heterocycles. The number of aromatic hydroxyl groups is 2. The fourth-order valence-electron chi connectivity index (χ4n) is 4.25. The predicted octanol–water partition coefficient (Wildman–Crippen LogP) is 5.17. The fourth-order valence-corrected chi connectivity index (χ4v) is 4.25. The number of ether oxygens (including phenoxy) is 1. The summed E-state index contributed by atoms with van der Waals surface area (Å²) in [5, 5.41) is 33.4. The zero-order chi connectivity index (χ0) is 22.9. The minimum Gasteiger partial charge on any atom is -0.504 e. The highest BCUT2D eigenvalue weighted by atomic mass is 35.5. The summed E-state index contributed by atoms with van der Waals surface area (Å²) < 4.78 is 5.67. The Kier molecular flexibility index (Phi) is 13.0. The lowest BCUT2D eigenvalue weighted by Crippen LogP contribution is -2.49. The number of nitro groups is 1. The summed E-state index contributed by atoms with van der Waals surface area (Å²) in [5.41, 5.74) is 5.34. The van der Waals surface area contributed by atoms with Crippen LogP contribution in [0.4, 0.5) is 5.69 Å². The second-order valence-corrected chi connectivity index (χ2v) is 8.20. The van der Waals surface area contributed by atoms with Gasteiger partial charge in [-0.25, -0.2) is 5.01 Å². The molecule has 3 N–H and O–H groups in total. The predicted molar refractivity (Wildman–Crippen MR) is 138 cm³/mol. The number of benzene rings is 2. The van der Waals surface area contributed by atoms with Crippen molar-refractivity contribution in [2.24, 2.45) is 0 Å². The highest BCUT2D eigenvalue weighted by molar-refractivity contribution is 5.85. The van der Waals surface area contributed by atoms with Gasteiger partial charge in [-0.15, -0.1) is 24.8 Å². The van der Waals surface area contributed by atoms with Gasteiger partial charge in [0.25, 0.3) is 0 Å². The van der Waals surface area contributed by atoms with Crippen molar-refractivity contribution in [2.45, 2.75) is 57.9 Å². The molecule has 0 saturated carbocycles. The van der Waals surface area contributed by atoms with Crippen LogP contribution in [0.1, 0.15) is 50.2 Å². The molecule has 0 aliphatic heterocycles. The molecule has 8 nitrogen and oxygen atoms in total. The van der Waals surface area contributed by atoms with Crippen molar-refractivity contribution in [1.82, 2.24) is 10.4 Å². The summed E-state index contributed by atoms with van der Waals surface area (Å²) in [6.07, 6.45) is 6.99. The molecule has 0 spiro atoms. The molecule has 190 valence electrons. The number of phenols is 2. The van der Waals surface area contributed by atoms with Crippen LogP contribution in [0.5, 0.6) is 17.2 Å². The van der Waals surface area contributed by atoms with Gasteiger partial charge in [0.05, 0.1) is 4.92 Å². The van der Waals surface area contributed by atoms with E-state index in [9.17, 15) is 20.3 Å². The molecule has 0 bridgehead atoms. The van der Waals surface area contributed by atoms with Crippen LogP contribution in [0.3, 0.4) is 0 Å². The minimum absolute atomic E-state index is 0. The summed E-state index contributed by atoms with van der Waals surface area (Å²) in [6, 6.07) is 10.1. The Morgan fingerprint density at radius 1 is 1.15 bits per heavy atom. The molecule has 2 aromatic carbocycles. The van der Waals surface area contributed by atoms with Gasteiger partial charge >= 0.3 is 5.69 Å². The largest absolute Gasteiger partial charge is 0.504 e. The molecule has 2 aromatic rings. The Morgan fingerprint density at radius 3 is 2.65 bits per heavy atom. The molecule has 0 amide bonds. The SMILES string of the molecule is CCCCCCN(NCCOc1ccccc1[N+](=O)[O-])C1CCc2c(ccc(O)c2O)C1.Cl.Cl. The number of nitrogens with zero attached hydrogens (tertiary/aromatic N) is 2. The molecular weight excluding hydrogens is 481 g/mol. The summed E-state index contributed by atoms with van der Waals surface area (Å²) >= 11 is 0. The number of nitrogens with one attached hydrogen (secondary N) is 1. The maximum atomic E-state index is 11.2. The number of rotatable bonds is 12. The normalized spacial score (nSPS) is 14.6. The molecule has 1 aliphatic rings. The van der Waals surface area contributed by atoms with E-state index in [1.165, 1.54) is 25.3 Å². The minimum atomic E-state index is -0.435. The molecule has 1 atom stereocenters. The highest BCUT2D eigenvalue weighted by Crippen LogP contribution is 2.36. The van der Waals surface area contributed by atoms with E-state index in [0.717, 1.165) is 36.9 Å². The standard InChI is InChI=1S/C24H33N3O5.2ClH/c1-2-3-4-7-15-26(19-11-12-20-18(17-19)10-13-22(28)24(20)29)25-14-16-32-23-9-6-5-8-21(23)27(30)31;;/h5-6,8-10,13,19,25,28-29H,2-4,7,11-12,14-17H2,1H3;2*1H. The van der Waals surface area contributed by atoms with Gasteiger partial charge in [0.1, 0.15) is 6.61 Å². The summed E-state index contributed by atoms with van der Waals surface area (Å²) in [6.45, 7) is 3.93. The zero-order valence-corrected chi connectivity index (χ0v) is 21.1. The number of halogens is 2. The molecule has 34 heavy (non-hydrogen) atoms. The van der Waals surface area contributed by atoms with Gasteiger partial charge in [-0.05, 0) is 43.4 Å². The summed E-state index contributed by atoms with van der Waals surface area (Å²) in [4.78, 5) is 10.7. The Hall–Kier alpha value is -2.26. The van der Waals surface area contributed by atoms with E-state index >= 15 is 0 Å². The van der Waals surface area contributed by atoms with Crippen LogP contribution in [-0.2, 0) is 12.8 Å². The first-order chi connectivity index (χ1) is 15.5. The number of phenolic OH excluding ortho intramolecular Hbond substituents is 2. The van der Waals surface area contributed by atoms with Gasteiger partial charge in [0.15, 0.2) is 17.2 Å². The molecule has 1 unspecified atom stereocenters. The van der Waals surface area contributed by atoms with Crippen LogP contribution in [0.15, 0.2) is 36.4 Å². The smallest absolute Gasteiger partial charge is 0.310 e. The molecular formula is C24H35Cl2N3O5. The van der Waals surface area contributed by atoms with Crippen molar-refractivity contribution < 1.29 is 19.9 Å². The van der Waals surface area contributed by atoms with Crippen molar-refractivity contribution in [1.29, 1.82) is 0 Å². The molecule has 0 aromatic heterocycles. The first-order valence-corrected chi connectivity index (χ1v) is 11.4. The van der Waals surface area contributed by atoms with Crippen LogP contribution >= 0.6 is 24.8 Å². The van der Waals surface area contributed by atoms with Gasteiger partial charge in [-0.3, -0.25) is 15.5 Å². The Bertz CT molecular complexity index is 916. The van der Waals surface area contributed by atoms with E-state index in [2.05, 4.69) is 17.4 Å². The number of hydrazine groups is 1. The third-order valence-corrected chi connectivity index (χ3v) is 5.97. The monoisotopic (exact) mass is 515 g/mol. The Labute approximate surface area is 213 Å². The van der Waals surface area contributed by atoms with Crippen LogP contribution in [0.2, 0.25) is 0 Å². The van der Waals surface area contributed by atoms with Crippen molar-refractivity contribution in [3.05, 3.63) is 57.6 Å². The number of hydrogen-bond donors (Lipinski definition) is 3. The van der Waals surface area contributed by atoms with Crippen molar-refractivity contribution in [3.8, 4) is 17.2 Å². The number of hydrogen-bond acceptors (Lipinski definition) is 7. The number of unbranched alkanes of at least 4 members (excludes halogenated alkanes) is 3. The quantitative estimate of drug-likeness (QED) is 0.155. The van der Waals surface area contributed by atoms with E-state index in [1.807, 2.05) is 6.07 Å². The second kappa shape index (κ2) is 14.9. The summed E-state index contributed by atoms with van der Waals surface area (Å²) in [5.74, 6) is 0.209. The van der Waals surface area contributed by atoms with Crippen LogP contribution in [0.25, 0.3) is 0 Å². The van der Waals surface area contributed by atoms with Crippen LogP contribution < -0.4 is 10.2 Å². The van der Waals surface area contributed by atoms with Crippen molar-refractivity contribution >= 4 is 30.5 Å². The van der Waals surface area contributed by atoms with Crippen LogP contribution in [0, 0.1) is 10.1 Å². The molecule has 0 fully saturated rings. The Balaban J connectivity index is 0.00000289. The third-order valence-electron chi connectivity index (χ3n) is 5.97. The maximum absolute atomic E-state index is 11.2. The number of fused-ring (bicyclic) bond motifs is 1. The van der Waals surface area contributed by atoms with E-state index in [0.29, 0.717) is 19.6 Å². The summed E-state index contributed by atoms with van der Waals surface area (Å²) in [7, 11) is 0. The van der Waals surface area contributed by atoms with Crippen LogP contribution in [-0.4, -0.2) is 45.9 Å². The van der Waals surface area contributed by atoms with Crippen molar-refractivity contribution in [3.63, 3.8) is 0 Å². The zero-order valence-electron chi connectivity index (χ0n) is 19.4. The maximum Gasteiger partial charge on any atom is 0.310 e. The highest BCUT2D eigenvalue weighted by Gasteiger charge is 2.26. The lowest BCUT2D eigenvalue weighted by molar-refractivity contribution is -0.385. The van der Waals surface area contributed by atoms with Gasteiger partial charge in [0, 0.05) is 30.8 Å². The first kappa shape index (κ1) is 29.8. The van der Waals surface area contributed by atoms with Gasteiger partial charge < -0.3 is 14.9 Å². The van der Waals surface area contributed by atoms with E-state index in [4.69, 9.17) is 4.74 Å². The molecule has 3 rings (SSSR count). The van der Waals surface area contributed by atoms with E-state index in [-0.39, 0.29) is 53.8 Å². The lowest BCUT2D eigenvalue weighted by atomic mass is 9.87. The molecule has 0 radical (unpaired) electrons. The van der Waals surface area contributed by atoms with E-state index < -0.39 is 4.92 Å². The van der Waals surface area contributed by atoms with Gasteiger partial charge in [-0.2, -0.15) is 0 Å². The van der Waals surface area contributed by atoms with Gasteiger partial charge in [0.2, 0.25) is 0 Å². The van der Waals surface area contributed by atoms with Gasteiger partial charge in [-0.1, -0.05) is 44.4 Å². The average molecular weight is 516 g/mol. The number of nitro benzene ring substituents is 1. The second-order valence-electron chi connectivity index (χ2n) is 8.20. The average Bonchev–Trinajstić information content (AvgIpc) is 2.80. The fraction of sp³-hybridized carbons (Fsp3) is 0.500. The molecule has 0 saturated heterocycles. The lowest BCUT2D eigenvalue weighted by Gasteiger charge is -2.36. The first-order valence-electron chi connectivity index (χ1n) is 11.4. The topological polar surface area (TPSA) is 108 Å². The van der Waals surface area contributed by atoms with Crippen molar-refractivity contribution in [2.75, 3.05) is 19.7 Å². The molecule has 10 heteroatoms. The van der Waals surface area contributed by atoms with E-state index in [1.54, 1.807) is 24.3 Å². The molecule has 1 aliphatic carbocycles. The number of para-hydroxylation sites is 2.